The molecule has 2 atom stereocenters. The molecule has 3 rings (SSSR count). The minimum atomic E-state index is -0.499. The summed E-state index contributed by atoms with van der Waals surface area (Å²) in [6, 6.07) is 16.5. The molecule has 0 radical (unpaired) electrons. The van der Waals surface area contributed by atoms with Crippen molar-refractivity contribution in [2.24, 2.45) is 0 Å². The molecular formula is C29H45N3O5. The van der Waals surface area contributed by atoms with Gasteiger partial charge < -0.3 is 40.0 Å². The molecule has 8 heteroatoms. The molecule has 0 aliphatic heterocycles. The van der Waals surface area contributed by atoms with Gasteiger partial charge in [-0.25, -0.2) is 0 Å². The highest BCUT2D eigenvalue weighted by atomic mass is 16.5. The number of H-pyrrole nitrogens is 1. The lowest BCUT2D eigenvalue weighted by atomic mass is 10.1. The molecule has 2 unspecified atom stereocenters. The number of aromatic amines is 1. The van der Waals surface area contributed by atoms with Crippen LogP contribution in [-0.2, 0) is 11.2 Å². The summed E-state index contributed by atoms with van der Waals surface area (Å²) < 4.78 is 16.2. The van der Waals surface area contributed by atoms with E-state index in [1.807, 2.05) is 82.4 Å². The van der Waals surface area contributed by atoms with Crippen molar-refractivity contribution in [2.45, 2.75) is 58.4 Å². The molecule has 37 heavy (non-hydrogen) atoms. The van der Waals surface area contributed by atoms with Crippen LogP contribution in [0.3, 0.4) is 0 Å². The van der Waals surface area contributed by atoms with E-state index in [9.17, 15) is 10.2 Å². The summed E-state index contributed by atoms with van der Waals surface area (Å²) in [7, 11) is 1.70. The molecule has 8 nitrogen and oxygen atoms in total. The van der Waals surface area contributed by atoms with Crippen molar-refractivity contribution in [3.8, 4) is 11.5 Å². The predicted molar refractivity (Wildman–Crippen MR) is 150 cm³/mol. The molecule has 0 amide bonds. The first-order valence-corrected chi connectivity index (χ1v) is 13.0. The van der Waals surface area contributed by atoms with Crippen molar-refractivity contribution in [2.75, 3.05) is 40.0 Å². The molecule has 0 aliphatic rings. The highest BCUT2D eigenvalue weighted by Crippen LogP contribution is 2.24. The minimum absolute atomic E-state index is 0.296. The van der Waals surface area contributed by atoms with Crippen molar-refractivity contribution in [3.63, 3.8) is 0 Å². The second-order valence-corrected chi connectivity index (χ2v) is 9.64. The summed E-state index contributed by atoms with van der Waals surface area (Å²) in [5.41, 5.74) is 2.26. The van der Waals surface area contributed by atoms with Crippen LogP contribution in [0.1, 0.15) is 33.3 Å². The summed E-state index contributed by atoms with van der Waals surface area (Å²) in [6.45, 7) is 10.6. The van der Waals surface area contributed by atoms with Gasteiger partial charge in [0.2, 0.25) is 0 Å². The summed E-state index contributed by atoms with van der Waals surface area (Å²) in [6.07, 6.45) is 1.79. The van der Waals surface area contributed by atoms with Crippen LogP contribution in [0.5, 0.6) is 11.5 Å². The van der Waals surface area contributed by atoms with Gasteiger partial charge in [0.15, 0.2) is 0 Å². The molecule has 0 fully saturated rings. The van der Waals surface area contributed by atoms with Gasteiger partial charge in [0.25, 0.3) is 0 Å². The SMILES string of the molecule is CC(C)NCC(O)COc1cccc2[nH]ccc12.COCCc1ccc(OCC(O)CNC(C)C)cc1. The Bertz CT molecular complexity index is 991. The van der Waals surface area contributed by atoms with Gasteiger partial charge in [-0.1, -0.05) is 45.9 Å². The zero-order valence-corrected chi connectivity index (χ0v) is 22.9. The van der Waals surface area contributed by atoms with E-state index in [4.69, 9.17) is 14.2 Å². The third kappa shape index (κ3) is 12.5. The number of hydrogen-bond acceptors (Lipinski definition) is 7. The number of aliphatic hydroxyl groups is 2. The Hall–Kier alpha value is -2.62. The number of benzene rings is 2. The van der Waals surface area contributed by atoms with E-state index in [1.165, 1.54) is 5.56 Å². The van der Waals surface area contributed by atoms with E-state index >= 15 is 0 Å². The monoisotopic (exact) mass is 515 g/mol. The molecule has 1 aromatic heterocycles. The number of ether oxygens (including phenoxy) is 3. The van der Waals surface area contributed by atoms with Crippen LogP contribution in [-0.4, -0.2) is 79.5 Å². The number of rotatable bonds is 15. The molecule has 1 heterocycles. The van der Waals surface area contributed by atoms with Crippen molar-refractivity contribution in [3.05, 3.63) is 60.3 Å². The Morgan fingerprint density at radius 2 is 1.43 bits per heavy atom. The van der Waals surface area contributed by atoms with Crippen molar-refractivity contribution in [1.29, 1.82) is 0 Å². The van der Waals surface area contributed by atoms with Crippen molar-refractivity contribution < 1.29 is 24.4 Å². The Morgan fingerprint density at radius 1 is 0.811 bits per heavy atom. The minimum Gasteiger partial charge on any atom is -0.491 e. The molecule has 5 N–H and O–H groups in total. The number of aliphatic hydroxyl groups excluding tert-OH is 2. The summed E-state index contributed by atoms with van der Waals surface area (Å²) in [5.74, 6) is 1.59. The summed E-state index contributed by atoms with van der Waals surface area (Å²) >= 11 is 0. The molecular weight excluding hydrogens is 470 g/mol. The van der Waals surface area contributed by atoms with Crippen molar-refractivity contribution >= 4 is 10.9 Å². The standard InChI is InChI=1S/C15H25NO3.C14H20N2O2/c1-12(2)16-10-14(17)11-19-15-6-4-13(5-7-15)8-9-18-3;1-10(2)16-8-11(17)9-18-14-5-3-4-13-12(14)6-7-15-13/h4-7,12,14,16-17H,8-11H2,1-3H3;3-7,10-11,15-17H,8-9H2,1-2H3. The molecule has 206 valence electrons. The van der Waals surface area contributed by atoms with Gasteiger partial charge in [-0.15, -0.1) is 0 Å². The molecule has 3 aromatic rings. The van der Waals surface area contributed by atoms with Crippen LogP contribution >= 0.6 is 0 Å². The largest absolute Gasteiger partial charge is 0.491 e. The quantitative estimate of drug-likeness (QED) is 0.211. The lowest BCUT2D eigenvalue weighted by molar-refractivity contribution is 0.104. The van der Waals surface area contributed by atoms with Gasteiger partial charge >= 0.3 is 0 Å². The normalized spacial score (nSPS) is 12.9. The molecule has 2 aromatic carbocycles. The lowest BCUT2D eigenvalue weighted by Gasteiger charge is -2.15. The van der Waals surface area contributed by atoms with Gasteiger partial charge in [-0.05, 0) is 42.3 Å². The fraction of sp³-hybridized carbons (Fsp3) is 0.517. The van der Waals surface area contributed by atoms with E-state index in [-0.39, 0.29) is 0 Å². The summed E-state index contributed by atoms with van der Waals surface area (Å²) in [4.78, 5) is 3.13. The van der Waals surface area contributed by atoms with Crippen LogP contribution < -0.4 is 20.1 Å². The molecule has 0 saturated carbocycles. The van der Waals surface area contributed by atoms with Crippen LogP contribution in [0, 0.1) is 0 Å². The maximum Gasteiger partial charge on any atom is 0.128 e. The van der Waals surface area contributed by atoms with E-state index in [0.717, 1.165) is 35.4 Å². The number of aromatic nitrogens is 1. The Kier molecular flexibility index (Phi) is 14.1. The average molecular weight is 516 g/mol. The summed E-state index contributed by atoms with van der Waals surface area (Å²) in [5, 5.41) is 26.9. The second-order valence-electron chi connectivity index (χ2n) is 9.64. The molecule has 0 aliphatic carbocycles. The smallest absolute Gasteiger partial charge is 0.128 e. The maximum absolute atomic E-state index is 9.79. The Labute approximate surface area is 221 Å². The van der Waals surface area contributed by atoms with Gasteiger partial charge in [0.05, 0.1) is 6.61 Å². The van der Waals surface area contributed by atoms with E-state index in [1.54, 1.807) is 7.11 Å². The van der Waals surface area contributed by atoms with Gasteiger partial charge in [-0.3, -0.25) is 0 Å². The highest BCUT2D eigenvalue weighted by Gasteiger charge is 2.08. The third-order valence-corrected chi connectivity index (χ3v) is 5.47. The first-order chi connectivity index (χ1) is 17.8. The van der Waals surface area contributed by atoms with Crippen LogP contribution in [0.15, 0.2) is 54.7 Å². The fourth-order valence-electron chi connectivity index (χ4n) is 3.39. The van der Waals surface area contributed by atoms with Crippen molar-refractivity contribution in [1.82, 2.24) is 15.6 Å². The zero-order chi connectivity index (χ0) is 27.0. The number of nitrogens with one attached hydrogen (secondary N) is 3. The number of hydrogen-bond donors (Lipinski definition) is 5. The second kappa shape index (κ2) is 17.0. The van der Waals surface area contributed by atoms with E-state index < -0.39 is 12.2 Å². The lowest BCUT2D eigenvalue weighted by Crippen LogP contribution is -2.35. The highest BCUT2D eigenvalue weighted by molar-refractivity contribution is 5.85. The average Bonchev–Trinajstić information content (AvgIpc) is 3.37. The maximum atomic E-state index is 9.79. The van der Waals surface area contributed by atoms with Crippen LogP contribution in [0.4, 0.5) is 0 Å². The Balaban J connectivity index is 0.000000260. The topological polar surface area (TPSA) is 108 Å². The van der Waals surface area contributed by atoms with Crippen LogP contribution in [0.2, 0.25) is 0 Å². The fourth-order valence-corrected chi connectivity index (χ4v) is 3.39. The molecule has 0 saturated heterocycles. The Morgan fingerprint density at radius 3 is 2.03 bits per heavy atom. The third-order valence-electron chi connectivity index (χ3n) is 5.47. The number of methoxy groups -OCH3 is 1. The molecule has 0 bridgehead atoms. The van der Waals surface area contributed by atoms with Gasteiger partial charge in [-0.2, -0.15) is 0 Å². The predicted octanol–water partition coefficient (Wildman–Crippen LogP) is 3.52. The van der Waals surface area contributed by atoms with Crippen LogP contribution in [0.25, 0.3) is 10.9 Å². The van der Waals surface area contributed by atoms with E-state index in [2.05, 4.69) is 15.6 Å². The first-order valence-electron chi connectivity index (χ1n) is 13.0. The number of fused-ring (bicyclic) bond motifs is 1. The van der Waals surface area contributed by atoms with Gasteiger partial charge in [0.1, 0.15) is 36.9 Å². The zero-order valence-electron chi connectivity index (χ0n) is 22.9. The van der Waals surface area contributed by atoms with E-state index in [0.29, 0.717) is 38.4 Å². The van der Waals surface area contributed by atoms with Gasteiger partial charge in [0, 0.05) is 49.4 Å². The first kappa shape index (κ1) is 30.6. The molecule has 0 spiro atoms.